The van der Waals surface area contributed by atoms with E-state index < -0.39 is 29.9 Å². The average Bonchev–Trinajstić information content (AvgIpc) is 2.92. The highest BCUT2D eigenvalue weighted by Gasteiger charge is 2.43. The number of nitrogens with one attached hydrogen (secondary N) is 5. The summed E-state index contributed by atoms with van der Waals surface area (Å²) in [5.74, 6) is -0.572. The van der Waals surface area contributed by atoms with Gasteiger partial charge in [-0.3, -0.25) is 20.3 Å². The zero-order valence-corrected chi connectivity index (χ0v) is 25.0. The monoisotopic (exact) mass is 586 g/mol. The van der Waals surface area contributed by atoms with Gasteiger partial charge < -0.3 is 30.3 Å². The zero-order valence-electron chi connectivity index (χ0n) is 25.0. The highest BCUT2D eigenvalue weighted by Crippen LogP contribution is 2.30. The summed E-state index contributed by atoms with van der Waals surface area (Å²) < 4.78 is 10.5. The molecule has 0 radical (unpaired) electrons. The molecule has 232 valence electrons. The Balaban J connectivity index is 1.35. The van der Waals surface area contributed by atoms with Crippen LogP contribution in [0, 0.1) is 11.3 Å². The van der Waals surface area contributed by atoms with Crippen LogP contribution in [0.5, 0.6) is 0 Å². The summed E-state index contributed by atoms with van der Waals surface area (Å²) in [5, 5.41) is 18.7. The predicted molar refractivity (Wildman–Crippen MR) is 158 cm³/mol. The van der Waals surface area contributed by atoms with Gasteiger partial charge >= 0.3 is 12.2 Å². The number of carbonyl (C=O) groups excluding carboxylic acids is 4. The van der Waals surface area contributed by atoms with Crippen LogP contribution in [0.3, 0.4) is 0 Å². The SMILES string of the molecule is CC(C)(C)OC(=O)N[C@@H](C(=O)N1CC[C@H]1C(=O)NCCCCNC(=N)NC(=O)OCc1ccccc1)C1CCCCC1. The van der Waals surface area contributed by atoms with Gasteiger partial charge in [-0.25, -0.2) is 9.59 Å². The summed E-state index contributed by atoms with van der Waals surface area (Å²) in [4.78, 5) is 52.3. The summed E-state index contributed by atoms with van der Waals surface area (Å²) in [6.07, 6.45) is 5.40. The molecule has 3 rings (SSSR count). The minimum Gasteiger partial charge on any atom is -0.444 e. The van der Waals surface area contributed by atoms with Gasteiger partial charge in [0.2, 0.25) is 11.8 Å². The topological polar surface area (TPSA) is 162 Å². The Bertz CT molecular complexity index is 1070. The Hall–Kier alpha value is -3.83. The molecule has 12 nitrogen and oxygen atoms in total. The molecule has 1 aromatic carbocycles. The van der Waals surface area contributed by atoms with Crippen LogP contribution in [0.2, 0.25) is 0 Å². The van der Waals surface area contributed by atoms with Crippen molar-refractivity contribution in [3.8, 4) is 0 Å². The largest absolute Gasteiger partial charge is 0.444 e. The Morgan fingerprint density at radius 1 is 0.952 bits per heavy atom. The van der Waals surface area contributed by atoms with E-state index in [1.54, 1.807) is 25.7 Å². The second-order valence-electron chi connectivity index (χ2n) is 11.8. The van der Waals surface area contributed by atoms with Gasteiger partial charge in [0.1, 0.15) is 24.3 Å². The maximum Gasteiger partial charge on any atom is 0.414 e. The molecule has 1 aliphatic heterocycles. The number of amides is 4. The molecule has 0 bridgehead atoms. The molecule has 2 atom stereocenters. The van der Waals surface area contributed by atoms with Crippen LogP contribution < -0.4 is 21.3 Å². The molecule has 1 aromatic rings. The maximum absolute atomic E-state index is 13.5. The Labute approximate surface area is 248 Å². The molecule has 1 heterocycles. The van der Waals surface area contributed by atoms with Gasteiger partial charge in [-0.2, -0.15) is 0 Å². The summed E-state index contributed by atoms with van der Waals surface area (Å²) in [6, 6.07) is 8.00. The lowest BCUT2D eigenvalue weighted by atomic mass is 9.82. The smallest absolute Gasteiger partial charge is 0.414 e. The number of carbonyl (C=O) groups is 4. The first kappa shape index (κ1) is 32.7. The van der Waals surface area contributed by atoms with Crippen LogP contribution in [-0.4, -0.2) is 72.2 Å². The molecule has 4 amide bonds. The van der Waals surface area contributed by atoms with Crippen molar-refractivity contribution in [2.24, 2.45) is 5.92 Å². The number of unbranched alkanes of at least 4 members (excludes halogenated alkanes) is 1. The Morgan fingerprint density at radius 2 is 1.62 bits per heavy atom. The molecule has 1 saturated carbocycles. The van der Waals surface area contributed by atoms with Crippen LogP contribution in [0.4, 0.5) is 9.59 Å². The molecule has 0 aromatic heterocycles. The molecule has 1 aliphatic carbocycles. The van der Waals surface area contributed by atoms with E-state index in [9.17, 15) is 19.2 Å². The van der Waals surface area contributed by atoms with Gasteiger partial charge in [-0.05, 0) is 64.4 Å². The number of nitrogens with zero attached hydrogens (tertiary/aromatic N) is 1. The van der Waals surface area contributed by atoms with Crippen molar-refractivity contribution in [1.82, 2.24) is 26.2 Å². The molecule has 2 aliphatic rings. The number of hydrogen-bond acceptors (Lipinski definition) is 7. The van der Waals surface area contributed by atoms with Crippen LogP contribution in [0.1, 0.15) is 77.7 Å². The lowest BCUT2D eigenvalue weighted by Crippen LogP contribution is -2.64. The Kier molecular flexibility index (Phi) is 12.4. The fourth-order valence-electron chi connectivity index (χ4n) is 5.08. The van der Waals surface area contributed by atoms with E-state index in [4.69, 9.17) is 14.9 Å². The first-order chi connectivity index (χ1) is 20.0. The first-order valence-electron chi connectivity index (χ1n) is 14.9. The van der Waals surface area contributed by atoms with Crippen molar-refractivity contribution in [2.75, 3.05) is 19.6 Å². The quantitative estimate of drug-likeness (QED) is 0.151. The van der Waals surface area contributed by atoms with Crippen molar-refractivity contribution in [3.63, 3.8) is 0 Å². The van der Waals surface area contributed by atoms with E-state index in [-0.39, 0.29) is 30.3 Å². The van der Waals surface area contributed by atoms with Crippen LogP contribution in [-0.2, 0) is 25.7 Å². The fraction of sp³-hybridized carbons (Fsp3) is 0.633. The molecular weight excluding hydrogens is 540 g/mol. The van der Waals surface area contributed by atoms with Gasteiger partial charge in [0.15, 0.2) is 5.96 Å². The van der Waals surface area contributed by atoms with E-state index in [0.29, 0.717) is 38.9 Å². The van der Waals surface area contributed by atoms with E-state index >= 15 is 0 Å². The average molecular weight is 587 g/mol. The molecule has 0 unspecified atom stereocenters. The second kappa shape index (κ2) is 16.0. The molecule has 0 spiro atoms. The standard InChI is InChI=1S/C30H46N6O6/c1-30(2,3)42-29(40)34-24(22-14-8-5-9-15-22)26(38)36-19-16-23(36)25(37)32-17-10-11-18-33-27(31)35-28(39)41-20-21-12-6-4-7-13-21/h4,6-7,12-13,22-24H,5,8-11,14-20H2,1-3H3,(H,32,37)(H,34,40)(H3,31,33,35,39)/t23-,24+/m0/s1. The van der Waals surface area contributed by atoms with Gasteiger partial charge in [-0.1, -0.05) is 49.6 Å². The predicted octanol–water partition coefficient (Wildman–Crippen LogP) is 3.41. The van der Waals surface area contributed by atoms with E-state index in [1.807, 2.05) is 30.3 Å². The van der Waals surface area contributed by atoms with Crippen molar-refractivity contribution in [2.45, 2.75) is 96.4 Å². The van der Waals surface area contributed by atoms with Gasteiger partial charge in [0.05, 0.1) is 0 Å². The molecule has 2 fully saturated rings. The number of ether oxygens (including phenoxy) is 2. The third kappa shape index (κ3) is 10.9. The van der Waals surface area contributed by atoms with Gasteiger partial charge in [-0.15, -0.1) is 0 Å². The van der Waals surface area contributed by atoms with Crippen molar-refractivity contribution in [1.29, 1.82) is 5.41 Å². The third-order valence-electron chi connectivity index (χ3n) is 7.31. The number of alkyl carbamates (subject to hydrolysis) is 2. The van der Waals surface area contributed by atoms with E-state index in [2.05, 4.69) is 21.3 Å². The van der Waals surface area contributed by atoms with E-state index in [0.717, 1.165) is 37.7 Å². The second-order valence-corrected chi connectivity index (χ2v) is 11.8. The molecule has 5 N–H and O–H groups in total. The normalized spacial score (nSPS) is 17.7. The maximum atomic E-state index is 13.5. The van der Waals surface area contributed by atoms with Gasteiger partial charge in [0, 0.05) is 19.6 Å². The van der Waals surface area contributed by atoms with Crippen LogP contribution >= 0.6 is 0 Å². The third-order valence-corrected chi connectivity index (χ3v) is 7.31. The number of hydrogen-bond donors (Lipinski definition) is 5. The molecule has 42 heavy (non-hydrogen) atoms. The lowest BCUT2D eigenvalue weighted by molar-refractivity contribution is -0.150. The highest BCUT2D eigenvalue weighted by molar-refractivity contribution is 5.93. The summed E-state index contributed by atoms with van der Waals surface area (Å²) in [7, 11) is 0. The molecule has 12 heteroatoms. The summed E-state index contributed by atoms with van der Waals surface area (Å²) >= 11 is 0. The highest BCUT2D eigenvalue weighted by atomic mass is 16.6. The van der Waals surface area contributed by atoms with Gasteiger partial charge in [0.25, 0.3) is 0 Å². The lowest BCUT2D eigenvalue weighted by Gasteiger charge is -2.43. The van der Waals surface area contributed by atoms with Crippen molar-refractivity contribution < 1.29 is 28.7 Å². The minimum atomic E-state index is -0.713. The molecular formula is C30H46N6O6. The zero-order chi connectivity index (χ0) is 30.5. The Morgan fingerprint density at radius 3 is 2.24 bits per heavy atom. The van der Waals surface area contributed by atoms with Crippen LogP contribution in [0.15, 0.2) is 30.3 Å². The van der Waals surface area contributed by atoms with Crippen molar-refractivity contribution in [3.05, 3.63) is 35.9 Å². The van der Waals surface area contributed by atoms with Crippen molar-refractivity contribution >= 4 is 30.0 Å². The fourth-order valence-corrected chi connectivity index (χ4v) is 5.08. The number of rotatable bonds is 11. The van der Waals surface area contributed by atoms with E-state index in [1.165, 1.54) is 0 Å². The van der Waals surface area contributed by atoms with Crippen LogP contribution in [0.25, 0.3) is 0 Å². The summed E-state index contributed by atoms with van der Waals surface area (Å²) in [6.45, 7) is 6.78. The first-order valence-corrected chi connectivity index (χ1v) is 14.9. The summed E-state index contributed by atoms with van der Waals surface area (Å²) in [5.41, 5.74) is 0.175. The number of likely N-dealkylation sites (tertiary alicyclic amines) is 1. The molecule has 1 saturated heterocycles. The number of guanidine groups is 1. The minimum absolute atomic E-state index is 0.0227. The number of benzene rings is 1.